The number of hydrogen-bond donors (Lipinski definition) is 2. The molecule has 0 bridgehead atoms. The molecule has 26 heavy (non-hydrogen) atoms. The van der Waals surface area contributed by atoms with E-state index in [0.717, 1.165) is 6.07 Å². The molecule has 1 aromatic heterocycles. The van der Waals surface area contributed by atoms with Gasteiger partial charge in [-0.3, -0.25) is 4.72 Å². The Bertz CT molecular complexity index is 1040. The lowest BCUT2D eigenvalue weighted by Crippen LogP contribution is -2.14. The first-order chi connectivity index (χ1) is 12.3. The van der Waals surface area contributed by atoms with E-state index in [4.69, 9.17) is 0 Å². The zero-order valence-electron chi connectivity index (χ0n) is 13.7. The van der Waals surface area contributed by atoms with Crippen LogP contribution < -0.4 is 10.0 Å². The van der Waals surface area contributed by atoms with Gasteiger partial charge in [-0.05, 0) is 55.0 Å². The first kappa shape index (κ1) is 17.8. The van der Waals surface area contributed by atoms with Crippen LogP contribution in [-0.4, -0.2) is 13.4 Å². The lowest BCUT2D eigenvalue weighted by molar-refractivity contribution is 0.598. The number of benzene rings is 2. The van der Waals surface area contributed by atoms with Gasteiger partial charge in [-0.15, -0.1) is 0 Å². The number of pyridine rings is 1. The number of anilines is 3. The lowest BCUT2D eigenvalue weighted by atomic mass is 10.2. The van der Waals surface area contributed by atoms with E-state index >= 15 is 0 Å². The van der Waals surface area contributed by atoms with Crippen molar-refractivity contribution in [1.82, 2.24) is 4.98 Å². The van der Waals surface area contributed by atoms with Crippen LogP contribution in [0.5, 0.6) is 0 Å². The van der Waals surface area contributed by atoms with E-state index in [0.29, 0.717) is 5.69 Å². The fourth-order valence-corrected chi connectivity index (χ4v) is 3.32. The second kappa shape index (κ2) is 7.09. The molecule has 0 aliphatic rings. The smallest absolute Gasteiger partial charge is 0.263 e. The summed E-state index contributed by atoms with van der Waals surface area (Å²) in [6.45, 7) is 1.48. The summed E-state index contributed by atoms with van der Waals surface area (Å²) in [4.78, 5) is 3.94. The van der Waals surface area contributed by atoms with Crippen molar-refractivity contribution >= 4 is 27.2 Å². The molecule has 0 unspecified atom stereocenters. The average molecular weight is 375 g/mol. The van der Waals surface area contributed by atoms with Crippen LogP contribution in [0.25, 0.3) is 0 Å². The van der Waals surface area contributed by atoms with Gasteiger partial charge in [0.15, 0.2) is 0 Å². The predicted molar refractivity (Wildman–Crippen MR) is 95.9 cm³/mol. The maximum Gasteiger partial charge on any atom is 0.263 e. The van der Waals surface area contributed by atoms with E-state index in [1.165, 1.54) is 37.4 Å². The van der Waals surface area contributed by atoms with Gasteiger partial charge in [0.1, 0.15) is 17.5 Å². The molecule has 0 fully saturated rings. The summed E-state index contributed by atoms with van der Waals surface area (Å²) in [6, 6.07) is 12.7. The fourth-order valence-electron chi connectivity index (χ4n) is 2.23. The quantitative estimate of drug-likeness (QED) is 0.701. The first-order valence-electron chi connectivity index (χ1n) is 7.62. The standard InChI is InChI=1S/C18H15F2N3O2S/c1-12-10-14(7-8-15(12)19)26(24,25)23-18-9-6-13(11-21-18)22-17-5-3-2-4-16(17)20/h2-11,22H,1H3,(H,21,23). The molecule has 0 radical (unpaired) electrons. The molecular weight excluding hydrogens is 360 g/mol. The Morgan fingerprint density at radius 3 is 2.38 bits per heavy atom. The third kappa shape index (κ3) is 3.97. The molecule has 2 N–H and O–H groups in total. The van der Waals surface area contributed by atoms with Gasteiger partial charge in [0.2, 0.25) is 0 Å². The molecule has 3 rings (SSSR count). The molecule has 0 aliphatic heterocycles. The number of sulfonamides is 1. The van der Waals surface area contributed by atoms with Gasteiger partial charge in [-0.25, -0.2) is 22.2 Å². The van der Waals surface area contributed by atoms with Crippen LogP contribution in [0.1, 0.15) is 5.56 Å². The van der Waals surface area contributed by atoms with Crippen LogP contribution in [0.4, 0.5) is 26.0 Å². The number of aromatic nitrogens is 1. The second-order valence-corrected chi connectivity index (χ2v) is 7.24. The normalized spacial score (nSPS) is 11.2. The van der Waals surface area contributed by atoms with Gasteiger partial charge in [-0.2, -0.15) is 0 Å². The molecule has 8 heteroatoms. The van der Waals surface area contributed by atoms with Gasteiger partial charge in [0.25, 0.3) is 10.0 Å². The summed E-state index contributed by atoms with van der Waals surface area (Å²) in [5, 5.41) is 2.85. The van der Waals surface area contributed by atoms with E-state index in [9.17, 15) is 17.2 Å². The topological polar surface area (TPSA) is 71.1 Å². The second-order valence-electron chi connectivity index (χ2n) is 5.55. The Labute approximate surface area is 149 Å². The highest BCUT2D eigenvalue weighted by Gasteiger charge is 2.16. The van der Waals surface area contributed by atoms with Crippen LogP contribution in [0.15, 0.2) is 65.7 Å². The van der Waals surface area contributed by atoms with Gasteiger partial charge < -0.3 is 5.32 Å². The number of para-hydroxylation sites is 1. The Morgan fingerprint density at radius 2 is 1.73 bits per heavy atom. The van der Waals surface area contributed by atoms with Crippen LogP contribution >= 0.6 is 0 Å². The van der Waals surface area contributed by atoms with Crippen molar-refractivity contribution in [1.29, 1.82) is 0 Å². The minimum Gasteiger partial charge on any atom is -0.352 e. The highest BCUT2D eigenvalue weighted by Crippen LogP contribution is 2.21. The molecular formula is C18H15F2N3O2S. The van der Waals surface area contributed by atoms with Crippen molar-refractivity contribution in [3.63, 3.8) is 0 Å². The van der Waals surface area contributed by atoms with Crippen molar-refractivity contribution in [3.05, 3.63) is 78.0 Å². The largest absolute Gasteiger partial charge is 0.352 e. The summed E-state index contributed by atoms with van der Waals surface area (Å²) in [6.07, 6.45) is 1.38. The van der Waals surface area contributed by atoms with Crippen molar-refractivity contribution in [2.45, 2.75) is 11.8 Å². The van der Waals surface area contributed by atoms with E-state index in [2.05, 4.69) is 15.0 Å². The van der Waals surface area contributed by atoms with Crippen LogP contribution in [0.3, 0.4) is 0 Å². The first-order valence-corrected chi connectivity index (χ1v) is 9.10. The Kier molecular flexibility index (Phi) is 4.85. The third-order valence-electron chi connectivity index (χ3n) is 3.59. The molecule has 0 spiro atoms. The zero-order valence-corrected chi connectivity index (χ0v) is 14.5. The van der Waals surface area contributed by atoms with Crippen LogP contribution in [0.2, 0.25) is 0 Å². The van der Waals surface area contributed by atoms with E-state index in [1.807, 2.05) is 0 Å². The van der Waals surface area contributed by atoms with Gasteiger partial charge in [0, 0.05) is 0 Å². The highest BCUT2D eigenvalue weighted by atomic mass is 32.2. The molecule has 0 amide bonds. The Hall–Kier alpha value is -3.00. The molecule has 0 saturated carbocycles. The summed E-state index contributed by atoms with van der Waals surface area (Å²) in [5.41, 5.74) is 1.00. The van der Waals surface area contributed by atoms with Crippen molar-refractivity contribution in [2.24, 2.45) is 0 Å². The molecule has 2 aromatic carbocycles. The molecule has 1 heterocycles. The average Bonchev–Trinajstić information content (AvgIpc) is 2.60. The number of nitrogens with zero attached hydrogens (tertiary/aromatic N) is 1. The molecule has 0 aliphatic carbocycles. The number of aryl methyl sites for hydroxylation is 1. The van der Waals surface area contributed by atoms with Crippen LogP contribution in [0, 0.1) is 18.6 Å². The summed E-state index contributed by atoms with van der Waals surface area (Å²) in [5.74, 6) is -0.805. The minimum absolute atomic E-state index is 0.0632. The molecule has 0 saturated heterocycles. The lowest BCUT2D eigenvalue weighted by Gasteiger charge is -2.10. The number of nitrogens with one attached hydrogen (secondary N) is 2. The minimum atomic E-state index is -3.89. The molecule has 134 valence electrons. The third-order valence-corrected chi connectivity index (χ3v) is 4.95. The van der Waals surface area contributed by atoms with Crippen molar-refractivity contribution < 1.29 is 17.2 Å². The van der Waals surface area contributed by atoms with Gasteiger partial charge in [0.05, 0.1) is 22.5 Å². The van der Waals surface area contributed by atoms with Gasteiger partial charge in [-0.1, -0.05) is 12.1 Å². The SMILES string of the molecule is Cc1cc(S(=O)(=O)Nc2ccc(Nc3ccccc3F)cn2)ccc1F. The maximum absolute atomic E-state index is 13.6. The molecule has 3 aromatic rings. The molecule has 5 nitrogen and oxygen atoms in total. The zero-order chi connectivity index (χ0) is 18.7. The van der Waals surface area contributed by atoms with Crippen molar-refractivity contribution in [3.8, 4) is 0 Å². The summed E-state index contributed by atoms with van der Waals surface area (Å²) >= 11 is 0. The van der Waals surface area contributed by atoms with E-state index < -0.39 is 21.7 Å². The highest BCUT2D eigenvalue weighted by molar-refractivity contribution is 7.92. The summed E-state index contributed by atoms with van der Waals surface area (Å²) in [7, 11) is -3.89. The number of hydrogen-bond acceptors (Lipinski definition) is 4. The van der Waals surface area contributed by atoms with E-state index in [1.54, 1.807) is 24.3 Å². The predicted octanol–water partition coefficient (Wildman–Crippen LogP) is 4.21. The monoisotopic (exact) mass is 375 g/mol. The summed E-state index contributed by atoms with van der Waals surface area (Å²) < 4.78 is 53.9. The number of rotatable bonds is 5. The molecule has 0 atom stereocenters. The van der Waals surface area contributed by atoms with Crippen LogP contribution in [-0.2, 0) is 10.0 Å². The Morgan fingerprint density at radius 1 is 0.962 bits per heavy atom. The van der Waals surface area contributed by atoms with Gasteiger partial charge >= 0.3 is 0 Å². The number of halogens is 2. The van der Waals surface area contributed by atoms with E-state index in [-0.39, 0.29) is 22.0 Å². The van der Waals surface area contributed by atoms with Crippen molar-refractivity contribution in [2.75, 3.05) is 10.0 Å². The fraction of sp³-hybridized carbons (Fsp3) is 0.0556. The Balaban J connectivity index is 1.76. The maximum atomic E-state index is 13.6.